The molecular weight excluding hydrogens is 264 g/mol. The van der Waals surface area contributed by atoms with Gasteiger partial charge < -0.3 is 0 Å². The van der Waals surface area contributed by atoms with Crippen LogP contribution in [-0.4, -0.2) is 0 Å². The minimum atomic E-state index is 1.31. The Hall–Kier alpha value is -0.260. The van der Waals surface area contributed by atoms with Crippen LogP contribution in [0.2, 0.25) is 0 Å². The zero-order valence-corrected chi connectivity index (χ0v) is 16.1. The van der Waals surface area contributed by atoms with Crippen LogP contribution < -0.4 is 0 Å². The average Bonchev–Trinajstić information content (AvgIpc) is 2.54. The summed E-state index contributed by atoms with van der Waals surface area (Å²) in [6.45, 7) is 6.71. The van der Waals surface area contributed by atoms with Crippen LogP contribution in [0.3, 0.4) is 0 Å². The molecule has 0 aliphatic rings. The second-order valence-corrected chi connectivity index (χ2v) is 7.19. The van der Waals surface area contributed by atoms with E-state index < -0.39 is 0 Å². The van der Waals surface area contributed by atoms with Crippen molar-refractivity contribution >= 4 is 0 Å². The quantitative estimate of drug-likeness (QED) is 0.186. The summed E-state index contributed by atoms with van der Waals surface area (Å²) in [5, 5.41) is 0. The number of hydrogen-bond donors (Lipinski definition) is 0. The van der Waals surface area contributed by atoms with Gasteiger partial charge in [-0.05, 0) is 26.7 Å². The molecule has 0 spiro atoms. The van der Waals surface area contributed by atoms with E-state index in [1.54, 1.807) is 5.57 Å². The molecule has 0 rings (SSSR count). The highest BCUT2D eigenvalue weighted by atomic mass is 14.0. The minimum Gasteiger partial charge on any atom is -0.0887 e. The summed E-state index contributed by atoms with van der Waals surface area (Å²) in [5.41, 5.74) is 1.56. The molecule has 0 aliphatic carbocycles. The van der Waals surface area contributed by atoms with Gasteiger partial charge in [0.15, 0.2) is 0 Å². The largest absolute Gasteiger partial charge is 0.0887 e. The number of rotatable bonds is 17. The molecule has 0 heteroatoms. The van der Waals surface area contributed by atoms with E-state index in [1.807, 2.05) is 0 Å². The van der Waals surface area contributed by atoms with E-state index in [2.05, 4.69) is 26.8 Å². The Kier molecular flexibility index (Phi) is 18.6. The van der Waals surface area contributed by atoms with E-state index in [-0.39, 0.29) is 0 Å². The first kappa shape index (κ1) is 21.7. The first-order valence-corrected chi connectivity index (χ1v) is 10.4. The highest BCUT2D eigenvalue weighted by Crippen LogP contribution is 2.14. The molecule has 0 unspecified atom stereocenters. The van der Waals surface area contributed by atoms with Crippen LogP contribution in [0.15, 0.2) is 11.6 Å². The number of hydrogen-bond acceptors (Lipinski definition) is 0. The van der Waals surface area contributed by atoms with Crippen molar-refractivity contribution in [3.8, 4) is 0 Å². The average molecular weight is 309 g/mol. The molecule has 0 amide bonds. The third kappa shape index (κ3) is 17.8. The molecule has 0 aromatic rings. The Morgan fingerprint density at radius 2 is 0.864 bits per heavy atom. The molecule has 0 atom stereocenters. The first-order valence-electron chi connectivity index (χ1n) is 10.4. The molecule has 22 heavy (non-hydrogen) atoms. The van der Waals surface area contributed by atoms with Crippen LogP contribution in [0.1, 0.15) is 130 Å². The van der Waals surface area contributed by atoms with E-state index in [9.17, 15) is 0 Å². The maximum Gasteiger partial charge on any atom is -0.0323 e. The molecule has 0 bridgehead atoms. The van der Waals surface area contributed by atoms with Crippen molar-refractivity contribution in [2.75, 3.05) is 0 Å². The van der Waals surface area contributed by atoms with E-state index in [4.69, 9.17) is 0 Å². The molecule has 0 saturated carbocycles. The van der Waals surface area contributed by atoms with Gasteiger partial charge in [-0.25, -0.2) is 0 Å². The van der Waals surface area contributed by atoms with Crippen LogP contribution in [0.25, 0.3) is 0 Å². The fourth-order valence-electron chi connectivity index (χ4n) is 3.10. The van der Waals surface area contributed by atoms with Gasteiger partial charge in [-0.3, -0.25) is 0 Å². The van der Waals surface area contributed by atoms with Gasteiger partial charge >= 0.3 is 0 Å². The zero-order valence-electron chi connectivity index (χ0n) is 16.1. The number of allylic oxidation sites excluding steroid dienone is 2. The molecule has 0 aromatic heterocycles. The second kappa shape index (κ2) is 18.8. The highest BCUT2D eigenvalue weighted by molar-refractivity contribution is 4.94. The summed E-state index contributed by atoms with van der Waals surface area (Å²) >= 11 is 0. The van der Waals surface area contributed by atoms with Gasteiger partial charge in [-0.15, -0.1) is 0 Å². The van der Waals surface area contributed by atoms with Gasteiger partial charge in [0.05, 0.1) is 0 Å². The standard InChI is InChI=1S/C22H44/c1-4-6-7-8-9-10-11-12-13-14-15-16-17-18-19-20-21-22(3)5-2/h5H,4,6-21H2,1-3H3. The van der Waals surface area contributed by atoms with E-state index in [0.29, 0.717) is 0 Å². The molecule has 132 valence electrons. The van der Waals surface area contributed by atoms with Crippen LogP contribution in [0.5, 0.6) is 0 Å². The highest BCUT2D eigenvalue weighted by Gasteiger charge is 1.95. The lowest BCUT2D eigenvalue weighted by molar-refractivity contribution is 0.529. The van der Waals surface area contributed by atoms with Crippen molar-refractivity contribution in [2.24, 2.45) is 0 Å². The van der Waals surface area contributed by atoms with Crippen molar-refractivity contribution in [1.29, 1.82) is 0 Å². The molecule has 0 nitrogen and oxygen atoms in total. The van der Waals surface area contributed by atoms with Crippen LogP contribution in [0, 0.1) is 0 Å². The molecule has 0 saturated heterocycles. The first-order chi connectivity index (χ1) is 10.8. The van der Waals surface area contributed by atoms with Crippen molar-refractivity contribution in [2.45, 2.75) is 130 Å². The molecule has 0 N–H and O–H groups in total. The Morgan fingerprint density at radius 1 is 0.545 bits per heavy atom. The predicted octanol–water partition coefficient (Wildman–Crippen LogP) is 8.60. The van der Waals surface area contributed by atoms with Crippen LogP contribution in [-0.2, 0) is 0 Å². The third-order valence-electron chi connectivity index (χ3n) is 4.92. The van der Waals surface area contributed by atoms with Crippen molar-refractivity contribution < 1.29 is 0 Å². The van der Waals surface area contributed by atoms with Gasteiger partial charge in [0.25, 0.3) is 0 Å². The maximum absolute atomic E-state index is 2.30. The molecule has 0 heterocycles. The van der Waals surface area contributed by atoms with Gasteiger partial charge in [-0.2, -0.15) is 0 Å². The van der Waals surface area contributed by atoms with Gasteiger partial charge in [0.2, 0.25) is 0 Å². The summed E-state index contributed by atoms with van der Waals surface area (Å²) in [6.07, 6.45) is 26.9. The fourth-order valence-corrected chi connectivity index (χ4v) is 3.10. The minimum absolute atomic E-state index is 1.31. The fraction of sp³-hybridized carbons (Fsp3) is 0.909. The lowest BCUT2D eigenvalue weighted by atomic mass is 10.0. The molecule has 0 aliphatic heterocycles. The molecule has 0 radical (unpaired) electrons. The SMILES string of the molecule is CC=C(C)CCCCCCCCCCCCCCCCCC. The molecular formula is C22H44. The summed E-state index contributed by atoms with van der Waals surface area (Å²) < 4.78 is 0. The maximum atomic E-state index is 2.30. The summed E-state index contributed by atoms with van der Waals surface area (Å²) in [5.74, 6) is 0. The normalized spacial score (nSPS) is 12.0. The van der Waals surface area contributed by atoms with Crippen molar-refractivity contribution in [3.63, 3.8) is 0 Å². The zero-order chi connectivity index (χ0) is 16.3. The lowest BCUT2D eigenvalue weighted by Crippen LogP contribution is -1.84. The Bertz CT molecular complexity index is 226. The van der Waals surface area contributed by atoms with Gasteiger partial charge in [0.1, 0.15) is 0 Å². The lowest BCUT2D eigenvalue weighted by Gasteiger charge is -2.04. The number of unbranched alkanes of at least 4 members (excludes halogenated alkanes) is 15. The Balaban J connectivity index is 3.00. The summed E-state index contributed by atoms with van der Waals surface area (Å²) in [4.78, 5) is 0. The molecule has 0 fully saturated rings. The van der Waals surface area contributed by atoms with Gasteiger partial charge in [-0.1, -0.05) is 115 Å². The van der Waals surface area contributed by atoms with Crippen molar-refractivity contribution in [3.05, 3.63) is 11.6 Å². The Morgan fingerprint density at radius 3 is 1.18 bits per heavy atom. The third-order valence-corrected chi connectivity index (χ3v) is 4.92. The van der Waals surface area contributed by atoms with E-state index in [1.165, 1.54) is 109 Å². The summed E-state index contributed by atoms with van der Waals surface area (Å²) in [7, 11) is 0. The van der Waals surface area contributed by atoms with Crippen molar-refractivity contribution in [1.82, 2.24) is 0 Å². The monoisotopic (exact) mass is 308 g/mol. The van der Waals surface area contributed by atoms with Crippen LogP contribution in [0.4, 0.5) is 0 Å². The van der Waals surface area contributed by atoms with E-state index in [0.717, 1.165) is 0 Å². The second-order valence-electron chi connectivity index (χ2n) is 7.19. The van der Waals surface area contributed by atoms with Crippen LogP contribution >= 0.6 is 0 Å². The van der Waals surface area contributed by atoms with E-state index >= 15 is 0 Å². The molecule has 0 aromatic carbocycles. The Labute approximate surface area is 142 Å². The summed E-state index contributed by atoms with van der Waals surface area (Å²) in [6, 6.07) is 0. The van der Waals surface area contributed by atoms with Gasteiger partial charge in [0, 0.05) is 0 Å². The topological polar surface area (TPSA) is 0 Å². The predicted molar refractivity (Wildman–Crippen MR) is 104 cm³/mol. The smallest absolute Gasteiger partial charge is 0.0323 e.